The van der Waals surface area contributed by atoms with Gasteiger partial charge in [-0.15, -0.1) is 11.3 Å². The molecule has 1 atom stereocenters. The molecule has 8 nitrogen and oxygen atoms in total. The Bertz CT molecular complexity index is 1250. The van der Waals surface area contributed by atoms with E-state index in [1.807, 2.05) is 45.3 Å². The number of aromatic nitrogens is 1. The molecule has 208 valence electrons. The number of nitrogens with one attached hydrogen (secondary N) is 2. The van der Waals surface area contributed by atoms with Crippen LogP contribution in [-0.2, 0) is 11.3 Å². The summed E-state index contributed by atoms with van der Waals surface area (Å²) in [5.41, 5.74) is 6.09. The van der Waals surface area contributed by atoms with E-state index in [1.54, 1.807) is 23.5 Å². The van der Waals surface area contributed by atoms with Crippen LogP contribution in [0.5, 0.6) is 5.75 Å². The summed E-state index contributed by atoms with van der Waals surface area (Å²) in [6, 6.07) is 13.5. The van der Waals surface area contributed by atoms with Gasteiger partial charge in [0.15, 0.2) is 0 Å². The lowest BCUT2D eigenvalue weighted by molar-refractivity contribution is 0.0523. The first-order valence-electron chi connectivity index (χ1n) is 13.4. The number of rotatable bonds is 11. The third-order valence-corrected chi connectivity index (χ3v) is 7.43. The molecule has 39 heavy (non-hydrogen) atoms. The number of benzene rings is 2. The molecule has 1 aliphatic rings. The number of amides is 1. The van der Waals surface area contributed by atoms with Crippen LogP contribution in [0, 0.1) is 6.92 Å². The number of ether oxygens (including phenoxy) is 2. The highest BCUT2D eigenvalue weighted by atomic mass is 32.1. The van der Waals surface area contributed by atoms with Gasteiger partial charge in [0, 0.05) is 37.4 Å². The zero-order valence-electron chi connectivity index (χ0n) is 23.2. The first-order chi connectivity index (χ1) is 18.7. The average Bonchev–Trinajstić information content (AvgIpc) is 3.53. The van der Waals surface area contributed by atoms with Crippen LogP contribution < -0.4 is 15.4 Å². The van der Waals surface area contributed by atoms with Gasteiger partial charge >= 0.3 is 6.09 Å². The Balaban J connectivity index is 1.30. The van der Waals surface area contributed by atoms with Crippen molar-refractivity contribution in [3.05, 3.63) is 64.8 Å². The van der Waals surface area contributed by atoms with Crippen molar-refractivity contribution in [3.8, 4) is 16.2 Å². The summed E-state index contributed by atoms with van der Waals surface area (Å²) >= 11 is 1.63. The Labute approximate surface area is 234 Å². The third kappa shape index (κ3) is 8.53. The molecule has 2 N–H and O–H groups in total. The highest BCUT2D eigenvalue weighted by Crippen LogP contribution is 2.31. The summed E-state index contributed by atoms with van der Waals surface area (Å²) in [6.07, 6.45) is 2.53. The zero-order valence-corrected chi connectivity index (χ0v) is 24.0. The molecule has 0 aliphatic carbocycles. The van der Waals surface area contributed by atoms with E-state index in [-0.39, 0.29) is 6.10 Å². The van der Waals surface area contributed by atoms with Crippen LogP contribution in [-0.4, -0.2) is 60.1 Å². The summed E-state index contributed by atoms with van der Waals surface area (Å²) in [4.78, 5) is 31.0. The number of alkyl carbamates (subject to hydrolysis) is 1. The normalized spacial score (nSPS) is 15.6. The number of aryl methyl sites for hydroxylation is 1. The molecule has 1 unspecified atom stereocenters. The summed E-state index contributed by atoms with van der Waals surface area (Å²) in [7, 11) is 0. The molecule has 4 rings (SSSR count). The van der Waals surface area contributed by atoms with E-state index >= 15 is 0 Å². The van der Waals surface area contributed by atoms with Gasteiger partial charge in [-0.2, -0.15) is 0 Å². The molecule has 9 heteroatoms. The molecule has 0 radical (unpaired) electrons. The fourth-order valence-corrected chi connectivity index (χ4v) is 5.34. The number of carbonyl (C=O) groups is 2. The largest absolute Gasteiger partial charge is 0.489 e. The van der Waals surface area contributed by atoms with E-state index in [1.165, 1.54) is 0 Å². The van der Waals surface area contributed by atoms with Crippen LogP contribution in [0.4, 0.5) is 10.5 Å². The molecule has 1 amide bonds. The van der Waals surface area contributed by atoms with E-state index in [2.05, 4.69) is 38.7 Å². The van der Waals surface area contributed by atoms with E-state index in [4.69, 9.17) is 9.47 Å². The molecule has 1 aliphatic heterocycles. The first-order valence-corrected chi connectivity index (χ1v) is 14.3. The van der Waals surface area contributed by atoms with Gasteiger partial charge in [-0.05, 0) is 88.5 Å². The van der Waals surface area contributed by atoms with Crippen molar-refractivity contribution in [2.24, 2.45) is 0 Å². The minimum atomic E-state index is -0.542. The van der Waals surface area contributed by atoms with Gasteiger partial charge in [-0.25, -0.2) is 9.78 Å². The van der Waals surface area contributed by atoms with Crippen LogP contribution >= 0.6 is 11.3 Å². The first kappa shape index (κ1) is 28.6. The highest BCUT2D eigenvalue weighted by molar-refractivity contribution is 7.13. The maximum absolute atomic E-state index is 12.2. The fraction of sp³-hybridized carbons (Fsp3) is 0.433. The number of aldehydes is 1. The molecular weight excluding hydrogens is 512 g/mol. The number of likely N-dealkylation sites (tertiary alicyclic amines) is 1. The van der Waals surface area contributed by atoms with E-state index in [0.29, 0.717) is 12.1 Å². The minimum absolute atomic E-state index is 0.157. The summed E-state index contributed by atoms with van der Waals surface area (Å²) < 4.78 is 11.5. The van der Waals surface area contributed by atoms with Crippen molar-refractivity contribution in [3.63, 3.8) is 0 Å². The fourth-order valence-electron chi connectivity index (χ4n) is 4.54. The van der Waals surface area contributed by atoms with Crippen molar-refractivity contribution in [2.45, 2.75) is 58.8 Å². The van der Waals surface area contributed by atoms with Gasteiger partial charge in [0.1, 0.15) is 23.7 Å². The van der Waals surface area contributed by atoms with Gasteiger partial charge in [-0.1, -0.05) is 12.1 Å². The van der Waals surface area contributed by atoms with Gasteiger partial charge in [0.2, 0.25) is 0 Å². The lowest BCUT2D eigenvalue weighted by atomic mass is 10.1. The van der Waals surface area contributed by atoms with Crippen LogP contribution in [0.3, 0.4) is 0 Å². The second-order valence-electron chi connectivity index (χ2n) is 10.8. The number of carbonyl (C=O) groups excluding carboxylic acids is 2. The third-order valence-electron chi connectivity index (χ3n) is 6.45. The number of thiazole rings is 1. The van der Waals surface area contributed by atoms with Crippen molar-refractivity contribution in [1.29, 1.82) is 0 Å². The predicted octanol–water partition coefficient (Wildman–Crippen LogP) is 5.91. The van der Waals surface area contributed by atoms with Crippen LogP contribution in [0.15, 0.2) is 48.0 Å². The summed E-state index contributed by atoms with van der Waals surface area (Å²) in [5.74, 6) is 0.803. The highest BCUT2D eigenvalue weighted by Gasteiger charge is 2.23. The van der Waals surface area contributed by atoms with Gasteiger partial charge in [0.05, 0.1) is 16.1 Å². The smallest absolute Gasteiger partial charge is 0.407 e. The monoisotopic (exact) mass is 550 g/mol. The van der Waals surface area contributed by atoms with E-state index in [0.717, 1.165) is 78.4 Å². The topological polar surface area (TPSA) is 92.8 Å². The SMILES string of the molecule is Cc1ncsc1-c1ccc(CNC(=O)OC(C)(C)C)c(NCCCN2CCC(Oc3ccc(C=O)cc3)C2)c1. The number of nitrogens with zero attached hydrogens (tertiary/aromatic N) is 2. The Morgan fingerprint density at radius 2 is 2.00 bits per heavy atom. The van der Waals surface area contributed by atoms with Crippen LogP contribution in [0.2, 0.25) is 0 Å². The maximum atomic E-state index is 12.2. The Morgan fingerprint density at radius 3 is 2.69 bits per heavy atom. The van der Waals surface area contributed by atoms with Crippen molar-refractivity contribution < 1.29 is 19.1 Å². The predicted molar refractivity (Wildman–Crippen MR) is 156 cm³/mol. The number of hydrogen-bond donors (Lipinski definition) is 2. The van der Waals surface area contributed by atoms with Crippen molar-refractivity contribution in [2.75, 3.05) is 31.5 Å². The number of hydrogen-bond acceptors (Lipinski definition) is 8. The second kappa shape index (κ2) is 13.1. The number of anilines is 1. The molecular formula is C30H38N4O4S. The van der Waals surface area contributed by atoms with Crippen LogP contribution in [0.25, 0.3) is 10.4 Å². The lowest BCUT2D eigenvalue weighted by Crippen LogP contribution is -2.32. The van der Waals surface area contributed by atoms with E-state index in [9.17, 15) is 9.59 Å². The molecule has 3 aromatic rings. The van der Waals surface area contributed by atoms with Gasteiger partial charge in [-0.3, -0.25) is 9.69 Å². The molecule has 0 spiro atoms. The lowest BCUT2D eigenvalue weighted by Gasteiger charge is -2.21. The molecule has 1 saturated heterocycles. The zero-order chi connectivity index (χ0) is 27.8. The summed E-state index contributed by atoms with van der Waals surface area (Å²) in [6.45, 7) is 11.6. The molecule has 2 heterocycles. The van der Waals surface area contributed by atoms with Gasteiger partial charge < -0.3 is 20.1 Å². The standard InChI is InChI=1S/C30H38N4O4S/c1-21-28(39-20-33-21)23-8-9-24(17-32-29(36)38-30(2,3)4)27(16-23)31-13-5-14-34-15-12-26(18-34)37-25-10-6-22(19-35)7-11-25/h6-11,16,19-20,26,31H,5,12-15,17-18H2,1-4H3,(H,32,36). The molecule has 1 aromatic heterocycles. The second-order valence-corrected chi connectivity index (χ2v) is 11.6. The molecule has 1 fully saturated rings. The van der Waals surface area contributed by atoms with Crippen molar-refractivity contribution in [1.82, 2.24) is 15.2 Å². The van der Waals surface area contributed by atoms with E-state index < -0.39 is 11.7 Å². The molecule has 0 saturated carbocycles. The Hall–Kier alpha value is -3.43. The Morgan fingerprint density at radius 1 is 1.21 bits per heavy atom. The molecule has 0 bridgehead atoms. The van der Waals surface area contributed by atoms with Crippen molar-refractivity contribution >= 4 is 29.4 Å². The quantitative estimate of drug-likeness (QED) is 0.226. The Kier molecular flexibility index (Phi) is 9.59. The van der Waals surface area contributed by atoms with Gasteiger partial charge in [0.25, 0.3) is 0 Å². The van der Waals surface area contributed by atoms with Crippen LogP contribution in [0.1, 0.15) is 55.2 Å². The maximum Gasteiger partial charge on any atom is 0.407 e. The average molecular weight is 551 g/mol. The minimum Gasteiger partial charge on any atom is -0.489 e. The molecule has 2 aromatic carbocycles. The summed E-state index contributed by atoms with van der Waals surface area (Å²) in [5, 5.41) is 6.48.